The van der Waals surface area contributed by atoms with Crippen molar-refractivity contribution in [1.82, 2.24) is 5.06 Å². The molecular weight excluding hydrogens is 482 g/mol. The number of ether oxygens (including phenoxy) is 1. The summed E-state index contributed by atoms with van der Waals surface area (Å²) in [5, 5.41) is 1.92. The third kappa shape index (κ3) is 18.7. The monoisotopic (exact) mass is 537 g/mol. The van der Waals surface area contributed by atoms with Gasteiger partial charge in [-0.25, -0.2) is 0 Å². The van der Waals surface area contributed by atoms with Crippen LogP contribution in [0.4, 0.5) is 0 Å². The first-order valence-corrected chi connectivity index (χ1v) is 15.9. The quantitative estimate of drug-likeness (QED) is 0.0717. The second-order valence-electron chi connectivity index (χ2n) is 10.9. The molecule has 0 aliphatic heterocycles. The highest BCUT2D eigenvalue weighted by atomic mass is 16.7. The van der Waals surface area contributed by atoms with Gasteiger partial charge in [0.05, 0.1) is 19.6 Å². The average Bonchev–Trinajstić information content (AvgIpc) is 2.96. The van der Waals surface area contributed by atoms with Gasteiger partial charge in [-0.05, 0) is 17.5 Å². The van der Waals surface area contributed by atoms with Gasteiger partial charge in [0.15, 0.2) is 0 Å². The van der Waals surface area contributed by atoms with Crippen molar-refractivity contribution in [2.45, 2.75) is 129 Å². The Labute approximate surface area is 239 Å². The van der Waals surface area contributed by atoms with Crippen molar-refractivity contribution >= 4 is 5.97 Å². The van der Waals surface area contributed by atoms with Crippen LogP contribution in [0.5, 0.6) is 0 Å². The minimum absolute atomic E-state index is 0.171. The van der Waals surface area contributed by atoms with Crippen LogP contribution in [0.15, 0.2) is 60.7 Å². The van der Waals surface area contributed by atoms with E-state index in [0.29, 0.717) is 26.3 Å². The standard InChI is InChI=1S/C35H55NO3/c1-2-3-4-5-6-7-8-9-10-11-12-13-14-15-16-23-29-38-35(37)28-30-39-36(31-33-24-19-17-20-25-33)32-34-26-21-18-22-27-34/h17-22,24-27H,2-16,23,28-32H2,1H3. The highest BCUT2D eigenvalue weighted by Gasteiger charge is 2.10. The number of hydroxylamine groups is 2. The van der Waals surface area contributed by atoms with Gasteiger partial charge in [0.1, 0.15) is 0 Å². The van der Waals surface area contributed by atoms with E-state index in [1.807, 2.05) is 41.5 Å². The first kappa shape index (κ1) is 33.0. The number of hydrogen-bond donors (Lipinski definition) is 0. The number of hydrogen-bond acceptors (Lipinski definition) is 4. The summed E-state index contributed by atoms with van der Waals surface area (Å²) in [6, 6.07) is 20.5. The molecule has 2 rings (SSSR count). The van der Waals surface area contributed by atoms with Crippen molar-refractivity contribution in [3.8, 4) is 0 Å². The van der Waals surface area contributed by atoms with Crippen LogP contribution in [0.3, 0.4) is 0 Å². The molecule has 0 saturated heterocycles. The van der Waals surface area contributed by atoms with E-state index in [0.717, 1.165) is 12.8 Å². The van der Waals surface area contributed by atoms with Crippen LogP contribution in [-0.4, -0.2) is 24.2 Å². The van der Waals surface area contributed by atoms with Gasteiger partial charge >= 0.3 is 5.97 Å². The Hall–Kier alpha value is -2.17. The molecule has 0 aliphatic rings. The number of unbranched alkanes of at least 4 members (excludes halogenated alkanes) is 15. The Kier molecular flexibility index (Phi) is 20.1. The second-order valence-corrected chi connectivity index (χ2v) is 10.9. The van der Waals surface area contributed by atoms with E-state index in [4.69, 9.17) is 9.57 Å². The number of nitrogens with zero attached hydrogens (tertiary/aromatic N) is 1. The number of benzene rings is 2. The van der Waals surface area contributed by atoms with Gasteiger partial charge in [-0.3, -0.25) is 9.63 Å². The van der Waals surface area contributed by atoms with Crippen LogP contribution in [0.25, 0.3) is 0 Å². The van der Waals surface area contributed by atoms with E-state index < -0.39 is 0 Å². The largest absolute Gasteiger partial charge is 0.466 e. The average molecular weight is 538 g/mol. The lowest BCUT2D eigenvalue weighted by atomic mass is 10.0. The zero-order chi connectivity index (χ0) is 27.6. The van der Waals surface area contributed by atoms with Crippen molar-refractivity contribution in [2.24, 2.45) is 0 Å². The third-order valence-electron chi connectivity index (χ3n) is 7.24. The summed E-state index contributed by atoms with van der Waals surface area (Å²) in [6.07, 6.45) is 21.8. The first-order chi connectivity index (χ1) is 19.3. The Morgan fingerprint density at radius 2 is 0.974 bits per heavy atom. The first-order valence-electron chi connectivity index (χ1n) is 15.9. The van der Waals surface area contributed by atoms with Gasteiger partial charge in [0.2, 0.25) is 0 Å². The zero-order valence-electron chi connectivity index (χ0n) is 24.8. The maximum atomic E-state index is 12.2. The number of carbonyl (C=O) groups excluding carboxylic acids is 1. The zero-order valence-corrected chi connectivity index (χ0v) is 24.8. The lowest BCUT2D eigenvalue weighted by Crippen LogP contribution is -2.25. The van der Waals surface area contributed by atoms with Crippen molar-refractivity contribution in [2.75, 3.05) is 13.2 Å². The summed E-state index contributed by atoms with van der Waals surface area (Å²) in [5.74, 6) is -0.171. The molecule has 0 atom stereocenters. The summed E-state index contributed by atoms with van der Waals surface area (Å²) in [5.41, 5.74) is 2.36. The van der Waals surface area contributed by atoms with E-state index in [9.17, 15) is 4.79 Å². The Morgan fingerprint density at radius 1 is 0.564 bits per heavy atom. The normalized spacial score (nSPS) is 11.2. The Balaban J connectivity index is 1.42. The molecule has 0 radical (unpaired) electrons. The second kappa shape index (κ2) is 23.7. The molecular formula is C35H55NO3. The molecule has 4 nitrogen and oxygen atoms in total. The minimum Gasteiger partial charge on any atom is -0.466 e. The van der Waals surface area contributed by atoms with Crippen molar-refractivity contribution < 1.29 is 14.4 Å². The van der Waals surface area contributed by atoms with Gasteiger partial charge in [-0.1, -0.05) is 164 Å². The minimum atomic E-state index is -0.171. The highest BCUT2D eigenvalue weighted by molar-refractivity contribution is 5.69. The van der Waals surface area contributed by atoms with Crippen LogP contribution < -0.4 is 0 Å². The molecule has 218 valence electrons. The van der Waals surface area contributed by atoms with Crippen LogP contribution >= 0.6 is 0 Å². The van der Waals surface area contributed by atoms with Crippen LogP contribution in [0, 0.1) is 0 Å². The molecule has 0 aliphatic carbocycles. The Morgan fingerprint density at radius 3 is 1.41 bits per heavy atom. The summed E-state index contributed by atoms with van der Waals surface area (Å²) < 4.78 is 5.44. The molecule has 39 heavy (non-hydrogen) atoms. The van der Waals surface area contributed by atoms with E-state index in [2.05, 4.69) is 31.2 Å². The Bertz CT molecular complexity index is 770. The topological polar surface area (TPSA) is 38.8 Å². The highest BCUT2D eigenvalue weighted by Crippen LogP contribution is 2.14. The molecule has 0 aromatic heterocycles. The summed E-state index contributed by atoms with van der Waals surface area (Å²) >= 11 is 0. The molecule has 0 unspecified atom stereocenters. The SMILES string of the molecule is CCCCCCCCCCCCCCCCCCOC(=O)CCON(Cc1ccccc1)Cc1ccccc1. The van der Waals surface area contributed by atoms with Crippen LogP contribution in [0.2, 0.25) is 0 Å². The predicted molar refractivity (Wildman–Crippen MR) is 163 cm³/mol. The fourth-order valence-corrected chi connectivity index (χ4v) is 4.89. The van der Waals surface area contributed by atoms with Crippen LogP contribution in [-0.2, 0) is 27.5 Å². The predicted octanol–water partition coefficient (Wildman–Crippen LogP) is 9.82. The van der Waals surface area contributed by atoms with E-state index in [-0.39, 0.29) is 12.4 Å². The molecule has 2 aromatic carbocycles. The molecule has 0 N–H and O–H groups in total. The van der Waals surface area contributed by atoms with E-state index in [1.165, 1.54) is 101 Å². The van der Waals surface area contributed by atoms with Crippen molar-refractivity contribution in [3.63, 3.8) is 0 Å². The molecule has 4 heteroatoms. The van der Waals surface area contributed by atoms with Gasteiger partial charge in [-0.15, -0.1) is 0 Å². The lowest BCUT2D eigenvalue weighted by Gasteiger charge is -2.22. The van der Waals surface area contributed by atoms with Gasteiger partial charge < -0.3 is 4.74 Å². The van der Waals surface area contributed by atoms with E-state index >= 15 is 0 Å². The van der Waals surface area contributed by atoms with Gasteiger partial charge in [0, 0.05) is 13.1 Å². The van der Waals surface area contributed by atoms with Crippen molar-refractivity contribution in [1.29, 1.82) is 0 Å². The molecule has 0 heterocycles. The number of rotatable bonds is 25. The fraction of sp³-hybridized carbons (Fsp3) is 0.629. The van der Waals surface area contributed by atoms with Gasteiger partial charge in [-0.2, -0.15) is 5.06 Å². The molecule has 0 spiro atoms. The van der Waals surface area contributed by atoms with Gasteiger partial charge in [0.25, 0.3) is 0 Å². The van der Waals surface area contributed by atoms with Crippen molar-refractivity contribution in [3.05, 3.63) is 71.8 Å². The van der Waals surface area contributed by atoms with E-state index in [1.54, 1.807) is 0 Å². The fourth-order valence-electron chi connectivity index (χ4n) is 4.89. The molecule has 0 bridgehead atoms. The molecule has 0 fully saturated rings. The molecule has 0 amide bonds. The summed E-state index contributed by atoms with van der Waals surface area (Å²) in [6.45, 7) is 4.48. The summed E-state index contributed by atoms with van der Waals surface area (Å²) in [7, 11) is 0. The number of esters is 1. The maximum absolute atomic E-state index is 12.2. The maximum Gasteiger partial charge on any atom is 0.308 e. The lowest BCUT2D eigenvalue weighted by molar-refractivity contribution is -0.180. The smallest absolute Gasteiger partial charge is 0.308 e. The number of carbonyl (C=O) groups is 1. The van der Waals surface area contributed by atoms with Crippen LogP contribution in [0.1, 0.15) is 127 Å². The summed E-state index contributed by atoms with van der Waals surface area (Å²) in [4.78, 5) is 18.2. The molecule has 0 saturated carbocycles. The third-order valence-corrected chi connectivity index (χ3v) is 7.24. The molecule has 2 aromatic rings.